The standard InChI is InChI=1S/C15H20N2O2/c1-2-9-17(10-11-18)15(19)14-7-3-5-13(12-14)6-4-8-16/h3,5,7,12,18H,2,8-11,16H2,1H3. The van der Waals surface area contributed by atoms with Gasteiger partial charge in [0, 0.05) is 24.2 Å². The van der Waals surface area contributed by atoms with Gasteiger partial charge in [-0.25, -0.2) is 0 Å². The van der Waals surface area contributed by atoms with Crippen molar-refractivity contribution in [3.8, 4) is 11.8 Å². The molecule has 0 radical (unpaired) electrons. The number of nitrogens with zero attached hydrogens (tertiary/aromatic N) is 1. The molecule has 3 N–H and O–H groups in total. The van der Waals surface area contributed by atoms with Crippen molar-refractivity contribution in [2.45, 2.75) is 13.3 Å². The molecule has 19 heavy (non-hydrogen) atoms. The van der Waals surface area contributed by atoms with Gasteiger partial charge in [-0.15, -0.1) is 0 Å². The van der Waals surface area contributed by atoms with Gasteiger partial charge in [-0.3, -0.25) is 4.79 Å². The molecule has 0 aliphatic heterocycles. The van der Waals surface area contributed by atoms with E-state index in [4.69, 9.17) is 10.8 Å². The maximum absolute atomic E-state index is 12.3. The van der Waals surface area contributed by atoms with E-state index in [1.165, 1.54) is 0 Å². The molecule has 0 unspecified atom stereocenters. The summed E-state index contributed by atoms with van der Waals surface area (Å²) in [6.07, 6.45) is 0.860. The Balaban J connectivity index is 2.91. The first-order chi connectivity index (χ1) is 9.22. The summed E-state index contributed by atoms with van der Waals surface area (Å²) in [4.78, 5) is 13.9. The molecule has 0 aliphatic rings. The quantitative estimate of drug-likeness (QED) is 0.771. The fourth-order valence-corrected chi connectivity index (χ4v) is 1.77. The molecule has 0 heterocycles. The van der Waals surface area contributed by atoms with Gasteiger partial charge in [-0.2, -0.15) is 0 Å². The first-order valence-electron chi connectivity index (χ1n) is 6.42. The lowest BCUT2D eigenvalue weighted by Crippen LogP contribution is -2.34. The summed E-state index contributed by atoms with van der Waals surface area (Å²) in [7, 11) is 0. The number of carbonyl (C=O) groups is 1. The van der Waals surface area contributed by atoms with Crippen molar-refractivity contribution in [2.24, 2.45) is 5.73 Å². The lowest BCUT2D eigenvalue weighted by Gasteiger charge is -2.21. The Morgan fingerprint density at radius 3 is 2.84 bits per heavy atom. The number of aliphatic hydroxyl groups excluding tert-OH is 1. The molecule has 0 saturated heterocycles. The van der Waals surface area contributed by atoms with Gasteiger partial charge >= 0.3 is 0 Å². The van der Waals surface area contributed by atoms with Crippen LogP contribution in [0.4, 0.5) is 0 Å². The minimum Gasteiger partial charge on any atom is -0.395 e. The molecule has 0 bridgehead atoms. The van der Waals surface area contributed by atoms with Crippen molar-refractivity contribution in [1.82, 2.24) is 4.90 Å². The van der Waals surface area contributed by atoms with E-state index in [0.717, 1.165) is 12.0 Å². The monoisotopic (exact) mass is 260 g/mol. The Kier molecular flexibility index (Phi) is 6.65. The van der Waals surface area contributed by atoms with Crippen molar-refractivity contribution in [2.75, 3.05) is 26.2 Å². The molecule has 1 amide bonds. The summed E-state index contributed by atoms with van der Waals surface area (Å²) in [5, 5.41) is 9.00. The van der Waals surface area contributed by atoms with Gasteiger partial charge in [0.25, 0.3) is 5.91 Å². The molecule has 0 saturated carbocycles. The smallest absolute Gasteiger partial charge is 0.253 e. The van der Waals surface area contributed by atoms with E-state index in [2.05, 4.69) is 11.8 Å². The van der Waals surface area contributed by atoms with Crippen LogP contribution in [0.5, 0.6) is 0 Å². The molecule has 4 heteroatoms. The zero-order valence-electron chi connectivity index (χ0n) is 11.2. The predicted octanol–water partition coefficient (Wildman–Crippen LogP) is 0.841. The minimum absolute atomic E-state index is 0.0294. The third-order valence-electron chi connectivity index (χ3n) is 2.59. The highest BCUT2D eigenvalue weighted by Gasteiger charge is 2.14. The van der Waals surface area contributed by atoms with Crippen molar-refractivity contribution in [1.29, 1.82) is 0 Å². The fraction of sp³-hybridized carbons (Fsp3) is 0.400. The second kappa shape index (κ2) is 8.30. The normalized spacial score (nSPS) is 9.63. The molecule has 0 aliphatic carbocycles. The summed E-state index contributed by atoms with van der Waals surface area (Å²) in [5.41, 5.74) is 6.69. The van der Waals surface area contributed by atoms with E-state index in [0.29, 0.717) is 25.2 Å². The maximum Gasteiger partial charge on any atom is 0.253 e. The average Bonchev–Trinajstić information content (AvgIpc) is 2.44. The van der Waals surface area contributed by atoms with E-state index in [1.54, 1.807) is 23.1 Å². The fourth-order valence-electron chi connectivity index (χ4n) is 1.77. The number of hydrogen-bond acceptors (Lipinski definition) is 3. The SMILES string of the molecule is CCCN(CCO)C(=O)c1cccc(C#CCN)c1. The van der Waals surface area contributed by atoms with Gasteiger partial charge in [-0.05, 0) is 24.6 Å². The zero-order valence-corrected chi connectivity index (χ0v) is 11.2. The molecule has 1 aromatic carbocycles. The molecular formula is C15H20N2O2. The number of nitrogens with two attached hydrogens (primary N) is 1. The maximum atomic E-state index is 12.3. The van der Waals surface area contributed by atoms with Gasteiger partial charge < -0.3 is 15.7 Å². The first-order valence-corrected chi connectivity index (χ1v) is 6.42. The van der Waals surface area contributed by atoms with Crippen molar-refractivity contribution in [3.63, 3.8) is 0 Å². The third kappa shape index (κ3) is 4.74. The Morgan fingerprint density at radius 2 is 2.21 bits per heavy atom. The van der Waals surface area contributed by atoms with Crippen molar-refractivity contribution >= 4 is 5.91 Å². The number of hydrogen-bond donors (Lipinski definition) is 2. The van der Waals surface area contributed by atoms with Crippen LogP contribution in [0, 0.1) is 11.8 Å². The zero-order chi connectivity index (χ0) is 14.1. The average molecular weight is 260 g/mol. The van der Waals surface area contributed by atoms with Crippen LogP contribution in [0.1, 0.15) is 29.3 Å². The second-order valence-electron chi connectivity index (χ2n) is 4.10. The van der Waals surface area contributed by atoms with Crippen LogP contribution in [0.2, 0.25) is 0 Å². The molecule has 0 fully saturated rings. The van der Waals surface area contributed by atoms with Crippen LogP contribution in [-0.2, 0) is 0 Å². The predicted molar refractivity (Wildman–Crippen MR) is 75.7 cm³/mol. The molecule has 0 atom stereocenters. The Bertz CT molecular complexity index is 469. The van der Waals surface area contributed by atoms with Crippen LogP contribution >= 0.6 is 0 Å². The first kappa shape index (κ1) is 15.2. The van der Waals surface area contributed by atoms with Gasteiger partial charge in [0.15, 0.2) is 0 Å². The van der Waals surface area contributed by atoms with Crippen LogP contribution in [0.25, 0.3) is 0 Å². The molecule has 0 aromatic heterocycles. The van der Waals surface area contributed by atoms with Crippen LogP contribution in [0.15, 0.2) is 24.3 Å². The minimum atomic E-state index is -0.0766. The van der Waals surface area contributed by atoms with E-state index in [9.17, 15) is 4.79 Å². The molecule has 102 valence electrons. The summed E-state index contributed by atoms with van der Waals surface area (Å²) in [6, 6.07) is 7.16. The van der Waals surface area contributed by atoms with Gasteiger partial charge in [0.05, 0.1) is 13.2 Å². The number of aliphatic hydroxyl groups is 1. The second-order valence-corrected chi connectivity index (χ2v) is 4.10. The van der Waals surface area contributed by atoms with Gasteiger partial charge in [-0.1, -0.05) is 24.8 Å². The Hall–Kier alpha value is -1.83. The molecule has 0 spiro atoms. The topological polar surface area (TPSA) is 66.6 Å². The number of benzene rings is 1. The van der Waals surface area contributed by atoms with E-state index >= 15 is 0 Å². The van der Waals surface area contributed by atoms with Crippen molar-refractivity contribution < 1.29 is 9.90 Å². The van der Waals surface area contributed by atoms with E-state index in [-0.39, 0.29) is 12.5 Å². The number of rotatable bonds is 5. The van der Waals surface area contributed by atoms with Crippen LogP contribution in [-0.4, -0.2) is 42.2 Å². The van der Waals surface area contributed by atoms with Gasteiger partial charge in [0.2, 0.25) is 0 Å². The molecule has 1 aromatic rings. The van der Waals surface area contributed by atoms with Crippen molar-refractivity contribution in [3.05, 3.63) is 35.4 Å². The molecule has 4 nitrogen and oxygen atoms in total. The highest BCUT2D eigenvalue weighted by molar-refractivity contribution is 5.94. The van der Waals surface area contributed by atoms with E-state index in [1.807, 2.05) is 13.0 Å². The molecule has 1 rings (SSSR count). The third-order valence-corrected chi connectivity index (χ3v) is 2.59. The summed E-state index contributed by atoms with van der Waals surface area (Å²) in [5.74, 6) is 5.59. The highest BCUT2D eigenvalue weighted by Crippen LogP contribution is 2.08. The lowest BCUT2D eigenvalue weighted by molar-refractivity contribution is 0.0722. The largest absolute Gasteiger partial charge is 0.395 e. The number of carbonyl (C=O) groups excluding carboxylic acids is 1. The molecular weight excluding hydrogens is 240 g/mol. The van der Waals surface area contributed by atoms with Crippen LogP contribution < -0.4 is 5.73 Å². The highest BCUT2D eigenvalue weighted by atomic mass is 16.3. The van der Waals surface area contributed by atoms with Gasteiger partial charge in [0.1, 0.15) is 0 Å². The van der Waals surface area contributed by atoms with E-state index < -0.39 is 0 Å². The Labute approximate surface area is 114 Å². The Morgan fingerprint density at radius 1 is 1.42 bits per heavy atom. The summed E-state index contributed by atoms with van der Waals surface area (Å²) < 4.78 is 0. The summed E-state index contributed by atoms with van der Waals surface area (Å²) >= 11 is 0. The number of amides is 1. The summed E-state index contributed by atoms with van der Waals surface area (Å²) in [6.45, 7) is 3.26. The van der Waals surface area contributed by atoms with Crippen LogP contribution in [0.3, 0.4) is 0 Å². The lowest BCUT2D eigenvalue weighted by atomic mass is 10.1.